The van der Waals surface area contributed by atoms with Crippen LogP contribution in [0.2, 0.25) is 0 Å². The van der Waals surface area contributed by atoms with E-state index < -0.39 is 5.97 Å². The molecule has 5 rings (SSSR count). The van der Waals surface area contributed by atoms with Crippen LogP contribution in [0, 0.1) is 18.8 Å². The van der Waals surface area contributed by atoms with Crippen molar-refractivity contribution in [1.82, 2.24) is 9.88 Å². The summed E-state index contributed by atoms with van der Waals surface area (Å²) in [5.41, 5.74) is 5.15. The van der Waals surface area contributed by atoms with Gasteiger partial charge in [-0.15, -0.1) is 0 Å². The van der Waals surface area contributed by atoms with E-state index in [-0.39, 0.29) is 0 Å². The number of methoxy groups -OCH3 is 1. The maximum atomic E-state index is 11.2. The number of benzene rings is 2. The van der Waals surface area contributed by atoms with Gasteiger partial charge in [0.25, 0.3) is 0 Å². The third kappa shape index (κ3) is 3.10. The van der Waals surface area contributed by atoms with Crippen LogP contribution in [0.25, 0.3) is 10.9 Å². The lowest BCUT2D eigenvalue weighted by Crippen LogP contribution is -2.34. The minimum Gasteiger partial charge on any atom is -0.496 e. The van der Waals surface area contributed by atoms with Crippen molar-refractivity contribution in [3.8, 4) is 5.75 Å². The highest BCUT2D eigenvalue weighted by Crippen LogP contribution is 2.55. The molecule has 2 aliphatic rings. The minimum absolute atomic E-state index is 0.330. The van der Waals surface area contributed by atoms with E-state index in [1.165, 1.54) is 40.4 Å². The molecular weight excluding hydrogens is 364 g/mol. The number of aromatic amines is 1. The number of aromatic carboxylic acids is 1. The SMILES string of the molecule is COc1cc(C)c2[nH]ccc2c1CN1CCC2CC2[C@H]1c1ccc(C(=O)O)cc1. The number of hydrogen-bond acceptors (Lipinski definition) is 3. The molecule has 1 aliphatic carbocycles. The zero-order valence-corrected chi connectivity index (χ0v) is 16.8. The molecule has 1 saturated carbocycles. The van der Waals surface area contributed by atoms with Gasteiger partial charge in [0.2, 0.25) is 0 Å². The minimum atomic E-state index is -0.874. The number of carboxylic acids is 1. The first-order chi connectivity index (χ1) is 14.1. The van der Waals surface area contributed by atoms with Crippen molar-refractivity contribution in [1.29, 1.82) is 0 Å². The number of aryl methyl sites for hydroxylation is 1. The number of hydrogen-bond donors (Lipinski definition) is 2. The van der Waals surface area contributed by atoms with E-state index in [0.29, 0.717) is 17.5 Å². The Balaban J connectivity index is 1.51. The second-order valence-electron chi connectivity index (χ2n) is 8.43. The smallest absolute Gasteiger partial charge is 0.335 e. The van der Waals surface area contributed by atoms with E-state index >= 15 is 0 Å². The molecule has 1 aromatic heterocycles. The summed E-state index contributed by atoms with van der Waals surface area (Å²) in [6.45, 7) is 3.98. The lowest BCUT2D eigenvalue weighted by Gasteiger charge is -2.36. The summed E-state index contributed by atoms with van der Waals surface area (Å²) in [6.07, 6.45) is 4.50. The van der Waals surface area contributed by atoms with Gasteiger partial charge in [-0.25, -0.2) is 4.79 Å². The number of piperidine rings is 1. The fraction of sp³-hybridized carbons (Fsp3) is 0.375. The van der Waals surface area contributed by atoms with Gasteiger partial charge in [0.1, 0.15) is 5.75 Å². The van der Waals surface area contributed by atoms with E-state index in [2.05, 4.69) is 28.9 Å². The Morgan fingerprint density at radius 3 is 2.79 bits per heavy atom. The highest BCUT2D eigenvalue weighted by Gasteiger charge is 2.49. The van der Waals surface area contributed by atoms with Crippen molar-refractivity contribution < 1.29 is 14.6 Å². The molecule has 3 atom stereocenters. The van der Waals surface area contributed by atoms with Gasteiger partial charge in [-0.1, -0.05) is 12.1 Å². The van der Waals surface area contributed by atoms with Gasteiger partial charge in [-0.3, -0.25) is 4.90 Å². The standard InChI is InChI=1S/C24H26N2O3/c1-14-11-21(29-2)20(18-7-9-25-22(14)18)13-26-10-8-17-12-19(17)23(26)15-3-5-16(6-4-15)24(27)28/h3-7,9,11,17,19,23,25H,8,10,12-13H2,1-2H3,(H,27,28)/t17?,19?,23-/m1/s1. The van der Waals surface area contributed by atoms with Crippen molar-refractivity contribution in [2.24, 2.45) is 11.8 Å². The van der Waals surface area contributed by atoms with Crippen molar-refractivity contribution in [3.63, 3.8) is 0 Å². The molecule has 0 bridgehead atoms. The number of nitrogens with one attached hydrogen (secondary N) is 1. The number of fused-ring (bicyclic) bond motifs is 2. The molecule has 2 fully saturated rings. The van der Waals surface area contributed by atoms with Crippen LogP contribution < -0.4 is 4.74 Å². The monoisotopic (exact) mass is 390 g/mol. The van der Waals surface area contributed by atoms with Crippen LogP contribution in [0.15, 0.2) is 42.6 Å². The van der Waals surface area contributed by atoms with Crippen molar-refractivity contribution in [3.05, 3.63) is 64.8 Å². The third-order valence-corrected chi connectivity index (χ3v) is 6.76. The van der Waals surface area contributed by atoms with Crippen LogP contribution in [0.5, 0.6) is 5.75 Å². The predicted molar refractivity (Wildman–Crippen MR) is 112 cm³/mol. The van der Waals surface area contributed by atoms with E-state index in [4.69, 9.17) is 4.74 Å². The van der Waals surface area contributed by atoms with Crippen LogP contribution in [-0.2, 0) is 6.54 Å². The normalized spacial score (nSPS) is 23.7. The van der Waals surface area contributed by atoms with Gasteiger partial charge in [-0.05, 0) is 73.5 Å². The molecule has 150 valence electrons. The number of aromatic nitrogens is 1. The molecule has 0 spiro atoms. The highest BCUT2D eigenvalue weighted by atomic mass is 16.5. The third-order valence-electron chi connectivity index (χ3n) is 6.76. The summed E-state index contributed by atoms with van der Waals surface area (Å²) in [6, 6.07) is 12.1. The maximum Gasteiger partial charge on any atom is 0.335 e. The highest BCUT2D eigenvalue weighted by molar-refractivity contribution is 5.88. The Morgan fingerprint density at radius 1 is 1.28 bits per heavy atom. The summed E-state index contributed by atoms with van der Waals surface area (Å²) in [4.78, 5) is 17.2. The van der Waals surface area contributed by atoms with Crippen LogP contribution >= 0.6 is 0 Å². The van der Waals surface area contributed by atoms with E-state index in [9.17, 15) is 9.90 Å². The lowest BCUT2D eigenvalue weighted by atomic mass is 9.93. The van der Waals surface area contributed by atoms with Gasteiger partial charge in [-0.2, -0.15) is 0 Å². The zero-order chi connectivity index (χ0) is 20.1. The topological polar surface area (TPSA) is 65.6 Å². The molecule has 5 heteroatoms. The molecular formula is C24H26N2O3. The Bertz CT molecular complexity index is 1070. The largest absolute Gasteiger partial charge is 0.496 e. The Kier molecular flexibility index (Phi) is 4.36. The van der Waals surface area contributed by atoms with Gasteiger partial charge in [0.05, 0.1) is 12.7 Å². The molecule has 0 amide bonds. The number of carboxylic acid groups (broad SMARTS) is 1. The van der Waals surface area contributed by atoms with Crippen LogP contribution in [-0.4, -0.2) is 34.6 Å². The Labute approximate surface area is 170 Å². The van der Waals surface area contributed by atoms with Gasteiger partial charge in [0, 0.05) is 35.2 Å². The Morgan fingerprint density at radius 2 is 2.07 bits per heavy atom. The summed E-state index contributed by atoms with van der Waals surface area (Å²) in [5.74, 6) is 1.54. The van der Waals surface area contributed by atoms with Crippen LogP contribution in [0.4, 0.5) is 0 Å². The first kappa shape index (κ1) is 18.3. The summed E-state index contributed by atoms with van der Waals surface area (Å²) >= 11 is 0. The van der Waals surface area contributed by atoms with E-state index in [1.807, 2.05) is 18.3 Å². The number of ether oxygens (including phenoxy) is 1. The van der Waals surface area contributed by atoms with Crippen molar-refractivity contribution >= 4 is 16.9 Å². The molecule has 2 heterocycles. The van der Waals surface area contributed by atoms with Gasteiger partial charge >= 0.3 is 5.97 Å². The molecule has 2 unspecified atom stereocenters. The summed E-state index contributed by atoms with van der Waals surface area (Å²) in [7, 11) is 1.74. The van der Waals surface area contributed by atoms with E-state index in [1.54, 1.807) is 19.2 Å². The fourth-order valence-corrected chi connectivity index (χ4v) is 5.17. The number of nitrogens with zero attached hydrogens (tertiary/aromatic N) is 1. The van der Waals surface area contributed by atoms with Gasteiger partial charge < -0.3 is 14.8 Å². The average molecular weight is 390 g/mol. The van der Waals surface area contributed by atoms with Crippen LogP contribution in [0.1, 0.15) is 45.9 Å². The zero-order valence-electron chi connectivity index (χ0n) is 16.8. The first-order valence-electron chi connectivity index (χ1n) is 10.3. The number of rotatable bonds is 5. The number of H-pyrrole nitrogens is 1. The molecule has 2 aromatic carbocycles. The second-order valence-corrected chi connectivity index (χ2v) is 8.43. The predicted octanol–water partition coefficient (Wildman–Crippen LogP) is 4.77. The van der Waals surface area contributed by atoms with Gasteiger partial charge in [0.15, 0.2) is 0 Å². The number of likely N-dealkylation sites (tertiary alicyclic amines) is 1. The molecule has 3 aromatic rings. The molecule has 0 radical (unpaired) electrons. The molecule has 5 nitrogen and oxygen atoms in total. The number of carbonyl (C=O) groups is 1. The molecule has 1 saturated heterocycles. The van der Waals surface area contributed by atoms with Crippen molar-refractivity contribution in [2.45, 2.75) is 32.4 Å². The Hall–Kier alpha value is -2.79. The molecule has 29 heavy (non-hydrogen) atoms. The lowest BCUT2D eigenvalue weighted by molar-refractivity contribution is 0.0696. The second kappa shape index (κ2) is 6.92. The maximum absolute atomic E-state index is 11.2. The van der Waals surface area contributed by atoms with Crippen LogP contribution in [0.3, 0.4) is 0 Å². The van der Waals surface area contributed by atoms with Crippen molar-refractivity contribution in [2.75, 3.05) is 13.7 Å². The average Bonchev–Trinajstić information content (AvgIpc) is 3.34. The summed E-state index contributed by atoms with van der Waals surface area (Å²) in [5, 5.41) is 10.4. The summed E-state index contributed by atoms with van der Waals surface area (Å²) < 4.78 is 5.76. The van der Waals surface area contributed by atoms with E-state index in [0.717, 1.165) is 24.8 Å². The molecule has 1 aliphatic heterocycles. The first-order valence-corrected chi connectivity index (χ1v) is 10.3. The fourth-order valence-electron chi connectivity index (χ4n) is 5.17. The quantitative estimate of drug-likeness (QED) is 0.659. The molecule has 2 N–H and O–H groups in total.